The third-order valence-corrected chi connectivity index (χ3v) is 2.21. The van der Waals surface area contributed by atoms with E-state index in [1.54, 1.807) is 0 Å². The second-order valence-corrected chi connectivity index (χ2v) is 3.51. The van der Waals surface area contributed by atoms with E-state index in [0.29, 0.717) is 6.61 Å². The fourth-order valence-corrected chi connectivity index (χ4v) is 1.05. The van der Waals surface area contributed by atoms with Crippen LogP contribution in [0.3, 0.4) is 0 Å². The zero-order valence-corrected chi connectivity index (χ0v) is 9.10. The van der Waals surface area contributed by atoms with Gasteiger partial charge in [-0.15, -0.1) is 0 Å². The van der Waals surface area contributed by atoms with Gasteiger partial charge in [-0.1, -0.05) is 6.92 Å². The van der Waals surface area contributed by atoms with Crippen molar-refractivity contribution in [2.24, 2.45) is 5.92 Å². The fourth-order valence-electron chi connectivity index (χ4n) is 1.05. The normalized spacial score (nSPS) is 14.5. The highest BCUT2D eigenvalue weighted by Crippen LogP contribution is 2.10. The Morgan fingerprint density at radius 1 is 1.33 bits per heavy atom. The molecule has 0 bridgehead atoms. The van der Waals surface area contributed by atoms with Crippen LogP contribution >= 0.6 is 0 Å². The number of carbonyl (C=O) groups is 2. The van der Waals surface area contributed by atoms with Gasteiger partial charge in [0.25, 0.3) is 0 Å². The minimum Gasteiger partial charge on any atom is -0.481 e. The van der Waals surface area contributed by atoms with E-state index in [4.69, 9.17) is 14.9 Å². The molecule has 2 unspecified atom stereocenters. The zero-order chi connectivity index (χ0) is 11.8. The summed E-state index contributed by atoms with van der Waals surface area (Å²) >= 11 is 0. The van der Waals surface area contributed by atoms with Crippen molar-refractivity contribution in [1.29, 1.82) is 0 Å². The second-order valence-electron chi connectivity index (χ2n) is 3.51. The standard InChI is InChI=1S/C10H18O5/c1-3-7(2)15-5-4-8(10(13)14)6-9(11)12/h7-8H,3-6H2,1-2H3,(H,11,12)(H,13,14). The molecule has 0 rings (SSSR count). The number of aliphatic carboxylic acids is 2. The van der Waals surface area contributed by atoms with Crippen LogP contribution in [0.25, 0.3) is 0 Å². The lowest BCUT2D eigenvalue weighted by Crippen LogP contribution is -2.20. The Kier molecular flexibility index (Phi) is 6.70. The summed E-state index contributed by atoms with van der Waals surface area (Å²) in [5.41, 5.74) is 0. The molecular weight excluding hydrogens is 200 g/mol. The van der Waals surface area contributed by atoms with Crippen molar-refractivity contribution in [3.8, 4) is 0 Å². The minimum atomic E-state index is -1.09. The molecule has 0 aliphatic carbocycles. The van der Waals surface area contributed by atoms with Crippen LogP contribution in [0.15, 0.2) is 0 Å². The predicted molar refractivity (Wildman–Crippen MR) is 53.7 cm³/mol. The minimum absolute atomic E-state index is 0.0873. The summed E-state index contributed by atoms with van der Waals surface area (Å²) in [5.74, 6) is -3.03. The zero-order valence-electron chi connectivity index (χ0n) is 9.10. The van der Waals surface area contributed by atoms with Crippen LogP contribution in [-0.4, -0.2) is 34.9 Å². The summed E-state index contributed by atoms with van der Waals surface area (Å²) in [4.78, 5) is 21.0. The van der Waals surface area contributed by atoms with Gasteiger partial charge in [0.1, 0.15) is 0 Å². The van der Waals surface area contributed by atoms with Gasteiger partial charge in [0, 0.05) is 6.61 Å². The maximum atomic E-state index is 10.7. The molecule has 2 N–H and O–H groups in total. The summed E-state index contributed by atoms with van der Waals surface area (Å²) in [6.07, 6.45) is 0.839. The molecule has 0 fully saturated rings. The van der Waals surface area contributed by atoms with Crippen molar-refractivity contribution in [3.63, 3.8) is 0 Å². The third-order valence-electron chi connectivity index (χ3n) is 2.21. The molecule has 5 nitrogen and oxygen atoms in total. The molecule has 88 valence electrons. The fraction of sp³-hybridized carbons (Fsp3) is 0.800. The molecule has 0 aromatic heterocycles. The van der Waals surface area contributed by atoms with Gasteiger partial charge in [0.05, 0.1) is 18.4 Å². The van der Waals surface area contributed by atoms with Gasteiger partial charge in [-0.05, 0) is 19.8 Å². The Hall–Kier alpha value is -1.10. The van der Waals surface area contributed by atoms with Crippen molar-refractivity contribution in [2.45, 2.75) is 39.2 Å². The SMILES string of the molecule is CCC(C)OCCC(CC(=O)O)C(=O)O. The highest BCUT2D eigenvalue weighted by molar-refractivity contribution is 5.77. The first-order chi connectivity index (χ1) is 6.97. The van der Waals surface area contributed by atoms with Gasteiger partial charge in [0.15, 0.2) is 0 Å². The molecule has 0 aromatic rings. The Labute approximate surface area is 89.0 Å². The summed E-state index contributed by atoms with van der Waals surface area (Å²) in [6.45, 7) is 4.16. The lowest BCUT2D eigenvalue weighted by atomic mass is 10.0. The number of carboxylic acids is 2. The van der Waals surface area contributed by atoms with Crippen LogP contribution in [0, 0.1) is 5.92 Å². The van der Waals surface area contributed by atoms with E-state index in [2.05, 4.69) is 0 Å². The molecule has 0 saturated carbocycles. The predicted octanol–water partition coefficient (Wildman–Crippen LogP) is 1.37. The van der Waals surface area contributed by atoms with Crippen LogP contribution in [0.2, 0.25) is 0 Å². The molecular formula is C10H18O5. The van der Waals surface area contributed by atoms with Crippen LogP contribution in [-0.2, 0) is 14.3 Å². The molecule has 5 heteroatoms. The molecule has 0 aliphatic rings. The van der Waals surface area contributed by atoms with Crippen molar-refractivity contribution >= 4 is 11.9 Å². The van der Waals surface area contributed by atoms with Gasteiger partial charge >= 0.3 is 11.9 Å². The molecule has 0 amide bonds. The molecule has 0 saturated heterocycles. The number of hydrogen-bond donors (Lipinski definition) is 2. The van der Waals surface area contributed by atoms with Gasteiger partial charge < -0.3 is 14.9 Å². The number of hydrogen-bond acceptors (Lipinski definition) is 3. The van der Waals surface area contributed by atoms with Crippen LogP contribution in [0.1, 0.15) is 33.1 Å². The molecule has 0 aliphatic heterocycles. The first-order valence-corrected chi connectivity index (χ1v) is 5.03. The largest absolute Gasteiger partial charge is 0.481 e. The average molecular weight is 218 g/mol. The topological polar surface area (TPSA) is 83.8 Å². The van der Waals surface area contributed by atoms with Gasteiger partial charge in [-0.2, -0.15) is 0 Å². The first-order valence-electron chi connectivity index (χ1n) is 5.03. The van der Waals surface area contributed by atoms with E-state index in [1.165, 1.54) is 0 Å². The Bertz CT molecular complexity index is 214. The summed E-state index contributed by atoms with van der Waals surface area (Å²) < 4.78 is 5.30. The molecule has 0 heterocycles. The highest BCUT2D eigenvalue weighted by atomic mass is 16.5. The number of carboxylic acid groups (broad SMARTS) is 2. The third kappa shape index (κ3) is 6.90. The lowest BCUT2D eigenvalue weighted by Gasteiger charge is -2.13. The van der Waals surface area contributed by atoms with Crippen molar-refractivity contribution in [2.75, 3.05) is 6.61 Å². The number of ether oxygens (including phenoxy) is 1. The van der Waals surface area contributed by atoms with Gasteiger partial charge in [0.2, 0.25) is 0 Å². The van der Waals surface area contributed by atoms with E-state index in [-0.39, 0.29) is 18.9 Å². The summed E-state index contributed by atoms with van der Waals surface area (Å²) in [5, 5.41) is 17.2. The van der Waals surface area contributed by atoms with Crippen molar-refractivity contribution in [1.82, 2.24) is 0 Å². The Morgan fingerprint density at radius 2 is 1.93 bits per heavy atom. The van der Waals surface area contributed by atoms with E-state index < -0.39 is 17.9 Å². The van der Waals surface area contributed by atoms with Crippen LogP contribution in [0.5, 0.6) is 0 Å². The first kappa shape index (κ1) is 13.9. The highest BCUT2D eigenvalue weighted by Gasteiger charge is 2.20. The Balaban J connectivity index is 3.86. The average Bonchev–Trinajstić information content (AvgIpc) is 2.15. The molecule has 0 spiro atoms. The molecule has 0 aromatic carbocycles. The molecule has 15 heavy (non-hydrogen) atoms. The monoisotopic (exact) mass is 218 g/mol. The van der Waals surface area contributed by atoms with Crippen molar-refractivity contribution in [3.05, 3.63) is 0 Å². The Morgan fingerprint density at radius 3 is 2.33 bits per heavy atom. The van der Waals surface area contributed by atoms with Crippen LogP contribution in [0.4, 0.5) is 0 Å². The summed E-state index contributed by atoms with van der Waals surface area (Å²) in [7, 11) is 0. The van der Waals surface area contributed by atoms with E-state index in [9.17, 15) is 9.59 Å². The van der Waals surface area contributed by atoms with Gasteiger partial charge in [-0.25, -0.2) is 0 Å². The van der Waals surface area contributed by atoms with Crippen LogP contribution < -0.4 is 0 Å². The van der Waals surface area contributed by atoms with E-state index >= 15 is 0 Å². The second kappa shape index (κ2) is 7.23. The molecule has 2 atom stereocenters. The molecule has 0 radical (unpaired) electrons. The maximum Gasteiger partial charge on any atom is 0.307 e. The van der Waals surface area contributed by atoms with E-state index in [0.717, 1.165) is 6.42 Å². The van der Waals surface area contributed by atoms with Crippen molar-refractivity contribution < 1.29 is 24.5 Å². The summed E-state index contributed by atoms with van der Waals surface area (Å²) in [6, 6.07) is 0. The number of rotatable bonds is 8. The quantitative estimate of drug-likeness (QED) is 0.642. The van der Waals surface area contributed by atoms with E-state index in [1.807, 2.05) is 13.8 Å². The lowest BCUT2D eigenvalue weighted by molar-refractivity contribution is -0.149. The van der Waals surface area contributed by atoms with Gasteiger partial charge in [-0.3, -0.25) is 9.59 Å². The smallest absolute Gasteiger partial charge is 0.307 e. The maximum absolute atomic E-state index is 10.7.